The van der Waals surface area contributed by atoms with Crippen molar-refractivity contribution in [3.8, 4) is 11.1 Å². The van der Waals surface area contributed by atoms with Gasteiger partial charge >= 0.3 is 17.9 Å². The van der Waals surface area contributed by atoms with Crippen LogP contribution in [0.3, 0.4) is 0 Å². The SMILES string of the molecule is O=C1NC(=O)C(C(F)(F)C(=O)N2N=C(c3c(-c4ccc(Cl)cc4)c4ccccc4[nH]c3=O)C[C@H]2c2ccc(Cl)cc2)O1. The van der Waals surface area contributed by atoms with Gasteiger partial charge in [0, 0.05) is 32.9 Å². The molecule has 2 aliphatic rings. The molecule has 0 bridgehead atoms. The van der Waals surface area contributed by atoms with E-state index in [2.05, 4.69) is 14.8 Å². The quantitative estimate of drug-likeness (QED) is 0.311. The Balaban J connectivity index is 1.53. The van der Waals surface area contributed by atoms with E-state index >= 15 is 8.78 Å². The first-order chi connectivity index (χ1) is 20.0. The lowest BCUT2D eigenvalue weighted by Crippen LogP contribution is -2.51. The predicted molar refractivity (Wildman–Crippen MR) is 151 cm³/mol. The van der Waals surface area contributed by atoms with Crippen LogP contribution in [-0.4, -0.2) is 45.6 Å². The zero-order chi connectivity index (χ0) is 29.8. The van der Waals surface area contributed by atoms with Crippen LogP contribution in [0, 0.1) is 0 Å². The summed E-state index contributed by atoms with van der Waals surface area (Å²) >= 11 is 12.1. The van der Waals surface area contributed by atoms with E-state index in [4.69, 9.17) is 23.2 Å². The van der Waals surface area contributed by atoms with Gasteiger partial charge in [0.15, 0.2) is 0 Å². The first-order valence-electron chi connectivity index (χ1n) is 12.5. The summed E-state index contributed by atoms with van der Waals surface area (Å²) < 4.78 is 35.3. The summed E-state index contributed by atoms with van der Waals surface area (Å²) in [5, 5.41) is 7.86. The van der Waals surface area contributed by atoms with Gasteiger partial charge < -0.3 is 9.72 Å². The van der Waals surface area contributed by atoms with Crippen LogP contribution in [0.4, 0.5) is 13.6 Å². The van der Waals surface area contributed by atoms with Crippen LogP contribution in [0.15, 0.2) is 82.7 Å². The number of rotatable bonds is 5. The fourth-order valence-electron chi connectivity index (χ4n) is 5.09. The topological polar surface area (TPSA) is 121 Å². The van der Waals surface area contributed by atoms with Crippen LogP contribution in [0.2, 0.25) is 10.0 Å². The number of aromatic amines is 1. The van der Waals surface area contributed by atoms with Gasteiger partial charge in [0.1, 0.15) is 0 Å². The van der Waals surface area contributed by atoms with Gasteiger partial charge in [0.2, 0.25) is 0 Å². The molecule has 6 rings (SSSR count). The summed E-state index contributed by atoms with van der Waals surface area (Å²) in [6.45, 7) is 0. The Morgan fingerprint density at radius 1 is 0.929 bits per heavy atom. The van der Waals surface area contributed by atoms with Crippen LogP contribution in [0.5, 0.6) is 0 Å². The third-order valence-electron chi connectivity index (χ3n) is 7.02. The maximum Gasteiger partial charge on any atom is 0.414 e. The number of nitrogens with one attached hydrogen (secondary N) is 2. The van der Waals surface area contributed by atoms with Gasteiger partial charge in [-0.15, -0.1) is 0 Å². The zero-order valence-electron chi connectivity index (χ0n) is 21.2. The van der Waals surface area contributed by atoms with Crippen molar-refractivity contribution in [2.45, 2.75) is 24.5 Å². The highest BCUT2D eigenvalue weighted by Crippen LogP contribution is 2.40. The van der Waals surface area contributed by atoms with E-state index < -0.39 is 41.5 Å². The Morgan fingerprint density at radius 2 is 1.57 bits per heavy atom. The molecule has 2 atom stereocenters. The lowest BCUT2D eigenvalue weighted by molar-refractivity contribution is -0.176. The van der Waals surface area contributed by atoms with Gasteiger partial charge in [-0.2, -0.15) is 13.9 Å². The van der Waals surface area contributed by atoms with Crippen molar-refractivity contribution in [3.63, 3.8) is 0 Å². The average molecular weight is 611 g/mol. The van der Waals surface area contributed by atoms with Gasteiger partial charge in [0.05, 0.1) is 17.3 Å². The van der Waals surface area contributed by atoms with Crippen molar-refractivity contribution in [2.24, 2.45) is 5.10 Å². The van der Waals surface area contributed by atoms with E-state index in [0.29, 0.717) is 42.6 Å². The number of alkyl carbamates (subject to hydrolysis) is 1. The number of aromatic nitrogens is 1. The maximum atomic E-state index is 15.5. The lowest BCUT2D eigenvalue weighted by atomic mass is 9.91. The summed E-state index contributed by atoms with van der Waals surface area (Å²) in [5.74, 6) is -7.83. The van der Waals surface area contributed by atoms with Crippen molar-refractivity contribution in [1.82, 2.24) is 15.3 Å². The molecule has 1 unspecified atom stereocenters. The monoisotopic (exact) mass is 610 g/mol. The first kappa shape index (κ1) is 27.6. The standard InChI is InChI=1S/C29H18Cl2F2N4O5/c30-16-9-5-14(6-10-16)21-13-20(36-37(21)27(40)29(32,33)24-26(39)35-28(41)42-24)23-22(15-7-11-17(31)12-8-15)18-3-1-2-4-19(18)34-25(23)38/h1-12,21,24H,13H2,(H,34,38)(H,35,39,41)/t21-,24?/m0/s1. The number of nitrogens with zero attached hydrogens (tertiary/aromatic N) is 2. The minimum atomic E-state index is -4.48. The van der Waals surface area contributed by atoms with Gasteiger partial charge in [-0.1, -0.05) is 65.7 Å². The molecule has 1 aromatic heterocycles. The number of fused-ring (bicyclic) bond motifs is 1. The number of halogens is 4. The molecule has 3 amide bonds. The third-order valence-corrected chi connectivity index (χ3v) is 7.52. The Hall–Kier alpha value is -4.61. The van der Waals surface area contributed by atoms with Gasteiger partial charge in [-0.05, 0) is 41.5 Å². The highest BCUT2D eigenvalue weighted by atomic mass is 35.5. The largest absolute Gasteiger partial charge is 0.429 e. The molecule has 0 radical (unpaired) electrons. The molecule has 4 aromatic rings. The molecule has 0 aliphatic carbocycles. The zero-order valence-corrected chi connectivity index (χ0v) is 22.7. The van der Waals surface area contributed by atoms with Crippen LogP contribution in [0.1, 0.15) is 23.6 Å². The number of imide groups is 1. The summed E-state index contributed by atoms with van der Waals surface area (Å²) in [6.07, 6.45) is -4.22. The van der Waals surface area contributed by atoms with Crippen LogP contribution in [0.25, 0.3) is 22.0 Å². The van der Waals surface area contributed by atoms with E-state index in [-0.39, 0.29) is 17.7 Å². The Bertz CT molecular complexity index is 1860. The number of ether oxygens (including phenoxy) is 1. The fourth-order valence-corrected chi connectivity index (χ4v) is 5.34. The number of carbonyl (C=O) groups excluding carboxylic acids is 3. The van der Waals surface area contributed by atoms with E-state index in [0.717, 1.165) is 0 Å². The number of benzene rings is 3. The van der Waals surface area contributed by atoms with E-state index in [1.165, 1.54) is 24.3 Å². The number of cyclic esters (lactones) is 1. The number of hydrazone groups is 1. The predicted octanol–water partition coefficient (Wildman–Crippen LogP) is 5.45. The van der Waals surface area contributed by atoms with Crippen LogP contribution >= 0.6 is 23.2 Å². The number of pyridine rings is 1. The average Bonchev–Trinajstić information content (AvgIpc) is 3.55. The van der Waals surface area contributed by atoms with Gasteiger partial charge in [0.25, 0.3) is 17.6 Å². The second-order valence-electron chi connectivity index (χ2n) is 9.62. The van der Waals surface area contributed by atoms with Crippen molar-refractivity contribution in [2.75, 3.05) is 0 Å². The molecule has 3 aromatic carbocycles. The summed E-state index contributed by atoms with van der Waals surface area (Å²) in [7, 11) is 0. The molecule has 1 saturated heterocycles. The van der Waals surface area contributed by atoms with Crippen molar-refractivity contribution >= 4 is 57.7 Å². The number of amides is 3. The molecular weight excluding hydrogens is 593 g/mol. The maximum absolute atomic E-state index is 15.5. The van der Waals surface area contributed by atoms with Crippen LogP contribution in [-0.2, 0) is 14.3 Å². The number of hydrogen-bond donors (Lipinski definition) is 2. The minimum absolute atomic E-state index is 0.0453. The number of para-hydroxylation sites is 1. The number of hydrogen-bond acceptors (Lipinski definition) is 6. The van der Waals surface area contributed by atoms with Crippen molar-refractivity contribution in [1.29, 1.82) is 0 Å². The molecule has 1 fully saturated rings. The van der Waals surface area contributed by atoms with Crippen molar-refractivity contribution < 1.29 is 27.9 Å². The molecule has 9 nitrogen and oxygen atoms in total. The second-order valence-corrected chi connectivity index (χ2v) is 10.5. The molecule has 42 heavy (non-hydrogen) atoms. The molecule has 3 heterocycles. The van der Waals surface area contributed by atoms with Gasteiger partial charge in [-0.25, -0.2) is 9.80 Å². The Morgan fingerprint density at radius 3 is 2.21 bits per heavy atom. The molecular formula is C29H18Cl2F2N4O5. The molecule has 2 N–H and O–H groups in total. The summed E-state index contributed by atoms with van der Waals surface area (Å²) in [5.41, 5.74) is 1.54. The lowest BCUT2D eigenvalue weighted by Gasteiger charge is -2.27. The second kappa shape index (κ2) is 10.3. The number of alkyl halides is 2. The van der Waals surface area contributed by atoms with E-state index in [1.807, 2.05) is 0 Å². The highest BCUT2D eigenvalue weighted by molar-refractivity contribution is 6.31. The van der Waals surface area contributed by atoms with Gasteiger partial charge in [-0.3, -0.25) is 19.7 Å². The normalized spacial score (nSPS) is 18.7. The molecule has 0 saturated carbocycles. The molecule has 13 heteroatoms. The van der Waals surface area contributed by atoms with E-state index in [1.54, 1.807) is 53.8 Å². The van der Waals surface area contributed by atoms with Crippen molar-refractivity contribution in [3.05, 3.63) is 104 Å². The fraction of sp³-hybridized carbons (Fsp3) is 0.138. The third kappa shape index (κ3) is 4.70. The Labute approximate surface area is 245 Å². The minimum Gasteiger partial charge on any atom is -0.429 e. The number of carbonyl (C=O) groups is 3. The molecule has 0 spiro atoms. The van der Waals surface area contributed by atoms with E-state index in [9.17, 15) is 19.2 Å². The smallest absolute Gasteiger partial charge is 0.414 e. The molecule has 212 valence electrons. The first-order valence-corrected chi connectivity index (χ1v) is 13.3. The molecule has 2 aliphatic heterocycles. The van der Waals surface area contributed by atoms with Crippen LogP contribution < -0.4 is 10.9 Å². The number of H-pyrrole nitrogens is 1. The summed E-state index contributed by atoms with van der Waals surface area (Å²) in [4.78, 5) is 53.2. The Kier molecular flexibility index (Phi) is 6.78. The summed E-state index contributed by atoms with van der Waals surface area (Å²) in [6, 6.07) is 18.8. The highest BCUT2D eigenvalue weighted by Gasteiger charge is 2.60.